The minimum atomic E-state index is -0.423. The summed E-state index contributed by atoms with van der Waals surface area (Å²) in [6.07, 6.45) is 8.22. The van der Waals surface area contributed by atoms with Crippen molar-refractivity contribution in [3.05, 3.63) is 35.5 Å². The van der Waals surface area contributed by atoms with Crippen molar-refractivity contribution in [2.24, 2.45) is 23.7 Å². The van der Waals surface area contributed by atoms with Crippen LogP contribution in [0.4, 0.5) is 0 Å². The Morgan fingerprint density at radius 3 is 1.50 bits per heavy atom. The van der Waals surface area contributed by atoms with E-state index in [1.165, 1.54) is 14.2 Å². The fourth-order valence-electron chi connectivity index (χ4n) is 3.23. The lowest BCUT2D eigenvalue weighted by atomic mass is 9.55. The van der Waals surface area contributed by atoms with Crippen LogP contribution in [0.1, 0.15) is 0 Å². The van der Waals surface area contributed by atoms with Gasteiger partial charge in [-0.25, -0.2) is 9.59 Å². The summed E-state index contributed by atoms with van der Waals surface area (Å²) in [7, 11) is 2.68. The first-order valence-electron chi connectivity index (χ1n) is 5.96. The number of carbonyl (C=O) groups excluding carboxylic acids is 2. The normalized spacial score (nSPS) is 35.0. The Morgan fingerprint density at radius 2 is 1.22 bits per heavy atom. The lowest BCUT2D eigenvalue weighted by molar-refractivity contribution is -0.141. The van der Waals surface area contributed by atoms with E-state index >= 15 is 0 Å². The van der Waals surface area contributed by atoms with E-state index in [4.69, 9.17) is 9.47 Å². The molecular formula is C14H14O4. The van der Waals surface area contributed by atoms with Gasteiger partial charge in [0.1, 0.15) is 0 Å². The number of rotatable bonds is 2. The Bertz CT molecular complexity index is 468. The van der Waals surface area contributed by atoms with E-state index in [9.17, 15) is 9.59 Å². The molecule has 4 heteroatoms. The molecule has 0 radical (unpaired) electrons. The van der Waals surface area contributed by atoms with Crippen LogP contribution in [0.15, 0.2) is 35.5 Å². The average molecular weight is 246 g/mol. The van der Waals surface area contributed by atoms with Crippen molar-refractivity contribution in [3.63, 3.8) is 0 Å². The zero-order valence-corrected chi connectivity index (χ0v) is 10.3. The average Bonchev–Trinajstić information content (AvgIpc) is 2.35. The molecule has 0 aromatic heterocycles. The zero-order valence-electron chi connectivity index (χ0n) is 10.3. The number of hydrogen-bond donors (Lipinski definition) is 0. The van der Waals surface area contributed by atoms with E-state index in [0.29, 0.717) is 23.0 Å². The van der Waals surface area contributed by atoms with E-state index in [2.05, 4.69) is 12.2 Å². The van der Waals surface area contributed by atoms with Gasteiger partial charge in [-0.2, -0.15) is 0 Å². The lowest BCUT2D eigenvalue weighted by Gasteiger charge is -2.47. The van der Waals surface area contributed by atoms with E-state index < -0.39 is 11.9 Å². The van der Waals surface area contributed by atoms with Gasteiger partial charge in [0, 0.05) is 11.8 Å². The Kier molecular flexibility index (Phi) is 2.40. The Labute approximate surface area is 105 Å². The second-order valence-corrected chi connectivity index (χ2v) is 4.79. The molecule has 94 valence electrons. The molecule has 4 rings (SSSR count). The van der Waals surface area contributed by atoms with Gasteiger partial charge in [-0.1, -0.05) is 24.3 Å². The van der Waals surface area contributed by atoms with Gasteiger partial charge in [0.2, 0.25) is 0 Å². The highest BCUT2D eigenvalue weighted by Gasteiger charge is 2.50. The van der Waals surface area contributed by atoms with Crippen molar-refractivity contribution in [1.82, 2.24) is 0 Å². The van der Waals surface area contributed by atoms with Gasteiger partial charge in [-0.15, -0.1) is 0 Å². The summed E-state index contributed by atoms with van der Waals surface area (Å²) in [5.41, 5.74) is 0.949. The monoisotopic (exact) mass is 246 g/mol. The molecule has 4 aliphatic carbocycles. The molecule has 4 aliphatic rings. The maximum absolute atomic E-state index is 11.9. The highest BCUT2D eigenvalue weighted by Crippen LogP contribution is 2.53. The number of ether oxygens (including phenoxy) is 2. The quantitative estimate of drug-likeness (QED) is 0.543. The third-order valence-corrected chi connectivity index (χ3v) is 4.12. The molecule has 18 heavy (non-hydrogen) atoms. The standard InChI is InChI=1S/C14H14O4/c1-17-13(15)11-9-5-6-10(8-4-3-7(8)9)12(11)14(16)18-2/h3-10H,1-2H3/t7-,8-,9-,10+/m0/s1. The molecule has 2 bridgehead atoms. The first-order chi connectivity index (χ1) is 8.69. The summed E-state index contributed by atoms with van der Waals surface area (Å²) in [6, 6.07) is 0. The SMILES string of the molecule is COC(=O)C1=C(C(=O)OC)[C@@H]2C=C[C@H]1[C@H]1C=C[C@@H]12. The molecule has 4 nitrogen and oxygen atoms in total. The topological polar surface area (TPSA) is 52.6 Å². The van der Waals surface area contributed by atoms with Crippen molar-refractivity contribution in [2.75, 3.05) is 14.2 Å². The predicted molar refractivity (Wildman–Crippen MR) is 63.3 cm³/mol. The highest BCUT2D eigenvalue weighted by atomic mass is 16.5. The first kappa shape index (κ1) is 11.3. The number of carbonyl (C=O) groups is 2. The van der Waals surface area contributed by atoms with Crippen LogP contribution < -0.4 is 0 Å². The van der Waals surface area contributed by atoms with E-state index in [1.807, 2.05) is 12.2 Å². The van der Waals surface area contributed by atoms with Crippen molar-refractivity contribution in [2.45, 2.75) is 0 Å². The van der Waals surface area contributed by atoms with E-state index in [-0.39, 0.29) is 11.8 Å². The second-order valence-electron chi connectivity index (χ2n) is 4.79. The second kappa shape index (κ2) is 3.83. The molecule has 0 aromatic carbocycles. The number of esters is 2. The summed E-state index contributed by atoms with van der Waals surface area (Å²) < 4.78 is 9.62. The number of hydrogen-bond acceptors (Lipinski definition) is 4. The van der Waals surface area contributed by atoms with Crippen LogP contribution >= 0.6 is 0 Å². The van der Waals surface area contributed by atoms with Gasteiger partial charge in [-0.3, -0.25) is 0 Å². The molecule has 0 aliphatic heterocycles. The molecule has 0 N–H and O–H groups in total. The van der Waals surface area contributed by atoms with Crippen LogP contribution in [0.3, 0.4) is 0 Å². The Hall–Kier alpha value is -1.84. The first-order valence-corrected chi connectivity index (χ1v) is 5.96. The maximum atomic E-state index is 11.9. The van der Waals surface area contributed by atoms with E-state index in [1.54, 1.807) is 0 Å². The van der Waals surface area contributed by atoms with Crippen LogP contribution in [0, 0.1) is 23.7 Å². The van der Waals surface area contributed by atoms with Crippen molar-refractivity contribution < 1.29 is 19.1 Å². The molecule has 0 saturated carbocycles. The zero-order chi connectivity index (χ0) is 12.9. The molecule has 0 aromatic rings. The smallest absolute Gasteiger partial charge is 0.334 e. The lowest BCUT2D eigenvalue weighted by Crippen LogP contribution is -2.45. The molecule has 0 unspecified atom stereocenters. The van der Waals surface area contributed by atoms with Crippen molar-refractivity contribution in [1.29, 1.82) is 0 Å². The molecule has 0 fully saturated rings. The third-order valence-electron chi connectivity index (χ3n) is 4.12. The van der Waals surface area contributed by atoms with Crippen LogP contribution in [0.2, 0.25) is 0 Å². The largest absolute Gasteiger partial charge is 0.466 e. The minimum Gasteiger partial charge on any atom is -0.466 e. The number of methoxy groups -OCH3 is 2. The van der Waals surface area contributed by atoms with Gasteiger partial charge < -0.3 is 9.47 Å². The van der Waals surface area contributed by atoms with Crippen LogP contribution in [-0.4, -0.2) is 26.2 Å². The summed E-state index contributed by atoms with van der Waals surface area (Å²) in [5, 5.41) is 0. The third kappa shape index (κ3) is 1.26. The van der Waals surface area contributed by atoms with Gasteiger partial charge in [0.25, 0.3) is 0 Å². The van der Waals surface area contributed by atoms with Gasteiger partial charge >= 0.3 is 11.9 Å². The summed E-state index contributed by atoms with van der Waals surface area (Å²) in [5.74, 6) is -0.301. The highest BCUT2D eigenvalue weighted by molar-refractivity contribution is 6.02. The Morgan fingerprint density at radius 1 is 0.833 bits per heavy atom. The Balaban J connectivity index is 2.11. The summed E-state index contributed by atoms with van der Waals surface area (Å²) in [4.78, 5) is 23.8. The molecule has 0 heterocycles. The molecule has 4 atom stereocenters. The fraction of sp³-hybridized carbons (Fsp3) is 0.429. The molecule has 0 spiro atoms. The van der Waals surface area contributed by atoms with Crippen molar-refractivity contribution >= 4 is 11.9 Å². The van der Waals surface area contributed by atoms with Gasteiger partial charge in [-0.05, 0) is 11.8 Å². The van der Waals surface area contributed by atoms with Crippen molar-refractivity contribution in [3.8, 4) is 0 Å². The summed E-state index contributed by atoms with van der Waals surface area (Å²) in [6.45, 7) is 0. The van der Waals surface area contributed by atoms with Gasteiger partial charge in [0.05, 0.1) is 25.4 Å². The molecular weight excluding hydrogens is 232 g/mol. The number of allylic oxidation sites excluding steroid dienone is 4. The predicted octanol–water partition coefficient (Wildman–Crippen LogP) is 1.25. The molecule has 0 amide bonds. The van der Waals surface area contributed by atoms with Crippen LogP contribution in [0.5, 0.6) is 0 Å². The van der Waals surface area contributed by atoms with E-state index in [0.717, 1.165) is 0 Å². The molecule has 0 saturated heterocycles. The summed E-state index contributed by atoms with van der Waals surface area (Å²) >= 11 is 0. The van der Waals surface area contributed by atoms with Crippen LogP contribution in [-0.2, 0) is 19.1 Å². The minimum absolute atomic E-state index is 0.0495. The fourth-order valence-corrected chi connectivity index (χ4v) is 3.23. The van der Waals surface area contributed by atoms with Crippen LogP contribution in [0.25, 0.3) is 0 Å². The maximum Gasteiger partial charge on any atom is 0.334 e. The van der Waals surface area contributed by atoms with Gasteiger partial charge in [0.15, 0.2) is 0 Å².